The van der Waals surface area contributed by atoms with Crippen molar-refractivity contribution >= 4 is 0 Å². The lowest BCUT2D eigenvalue weighted by molar-refractivity contribution is -0.662. The molecule has 21 heavy (non-hydrogen) atoms. The van der Waals surface area contributed by atoms with Crippen LogP contribution in [0.25, 0.3) is 0 Å². The van der Waals surface area contributed by atoms with Crippen molar-refractivity contribution in [2.75, 3.05) is 26.8 Å². The molecule has 0 spiro atoms. The maximum absolute atomic E-state index is 10.1. The molecule has 0 aromatic heterocycles. The van der Waals surface area contributed by atoms with Crippen LogP contribution in [0.5, 0.6) is 5.75 Å². The van der Waals surface area contributed by atoms with Crippen LogP contribution in [0.1, 0.15) is 42.9 Å². The summed E-state index contributed by atoms with van der Waals surface area (Å²) in [5.41, 5.74) is 1.18. The van der Waals surface area contributed by atoms with E-state index in [9.17, 15) is 10.2 Å². The van der Waals surface area contributed by atoms with E-state index in [0.717, 1.165) is 31.6 Å². The van der Waals surface area contributed by atoms with Crippen molar-refractivity contribution in [2.24, 2.45) is 0 Å². The van der Waals surface area contributed by atoms with Crippen molar-refractivity contribution in [1.29, 1.82) is 0 Å². The van der Waals surface area contributed by atoms with Gasteiger partial charge in [-0.15, -0.1) is 0 Å². The van der Waals surface area contributed by atoms with Crippen LogP contribution >= 0.6 is 0 Å². The lowest BCUT2D eigenvalue weighted by atomic mass is 10.1. The molecule has 0 saturated carbocycles. The first-order chi connectivity index (χ1) is 10.2. The molecular formula is C16H28NO4+. The first-order valence-electron chi connectivity index (χ1n) is 7.60. The second-order valence-corrected chi connectivity index (χ2v) is 5.28. The summed E-state index contributed by atoms with van der Waals surface area (Å²) < 4.78 is 5.00. The number of phenols is 1. The number of rotatable bonds is 11. The number of benzene rings is 1. The minimum Gasteiger partial charge on any atom is -0.508 e. The van der Waals surface area contributed by atoms with Crippen LogP contribution in [0.15, 0.2) is 18.2 Å². The minimum atomic E-state index is -0.579. The molecule has 0 radical (unpaired) electrons. The summed E-state index contributed by atoms with van der Waals surface area (Å²) in [4.78, 5) is 0. The van der Waals surface area contributed by atoms with Gasteiger partial charge in [-0.05, 0) is 37.0 Å². The number of aromatic hydroxyl groups is 1. The number of hydrogen-bond donors (Lipinski definition) is 4. The average molecular weight is 298 g/mol. The quantitative estimate of drug-likeness (QED) is 0.453. The number of aliphatic hydroxyl groups excluding tert-OH is 2. The minimum absolute atomic E-state index is 0.0634. The summed E-state index contributed by atoms with van der Waals surface area (Å²) in [5, 5.41) is 30.8. The number of ether oxygens (including phenoxy) is 1. The summed E-state index contributed by atoms with van der Waals surface area (Å²) in [6.45, 7) is 2.19. The lowest BCUT2D eigenvalue weighted by Gasteiger charge is -2.12. The van der Waals surface area contributed by atoms with E-state index >= 15 is 0 Å². The number of aliphatic hydroxyl groups is 2. The Morgan fingerprint density at radius 1 is 1.19 bits per heavy atom. The summed E-state index contributed by atoms with van der Waals surface area (Å²) in [7, 11) is 1.72. The molecule has 5 N–H and O–H groups in total. The number of nitrogens with two attached hydrogens (primary N) is 1. The Morgan fingerprint density at radius 2 is 1.95 bits per heavy atom. The van der Waals surface area contributed by atoms with Crippen molar-refractivity contribution in [2.45, 2.75) is 38.4 Å². The van der Waals surface area contributed by atoms with Crippen molar-refractivity contribution in [1.82, 2.24) is 0 Å². The van der Waals surface area contributed by atoms with Gasteiger partial charge < -0.3 is 25.4 Å². The van der Waals surface area contributed by atoms with Crippen molar-refractivity contribution in [3.63, 3.8) is 0 Å². The number of quaternary nitrogens is 1. The molecule has 0 aliphatic carbocycles. The largest absolute Gasteiger partial charge is 0.508 e. The van der Waals surface area contributed by atoms with Gasteiger partial charge in [0, 0.05) is 19.3 Å². The summed E-state index contributed by atoms with van der Waals surface area (Å²) in [6, 6.07) is 4.86. The first kappa shape index (κ1) is 17.9. The van der Waals surface area contributed by atoms with Gasteiger partial charge in [0.1, 0.15) is 18.4 Å². The fourth-order valence-electron chi connectivity index (χ4n) is 2.24. The van der Waals surface area contributed by atoms with E-state index < -0.39 is 6.10 Å². The normalized spacial score (nSPS) is 12.5. The monoisotopic (exact) mass is 298 g/mol. The van der Waals surface area contributed by atoms with E-state index in [4.69, 9.17) is 9.84 Å². The fourth-order valence-corrected chi connectivity index (χ4v) is 2.24. The van der Waals surface area contributed by atoms with Crippen LogP contribution in [0.3, 0.4) is 0 Å². The molecule has 1 atom stereocenters. The summed E-state index contributed by atoms with van der Waals surface area (Å²) >= 11 is 0. The highest BCUT2D eigenvalue weighted by molar-refractivity contribution is 5.36. The van der Waals surface area contributed by atoms with Gasteiger partial charge in [0.2, 0.25) is 0 Å². The number of unbranched alkanes of at least 4 members (excludes halogenated alkanes) is 3. The van der Waals surface area contributed by atoms with Gasteiger partial charge in [-0.2, -0.15) is 0 Å². The topological polar surface area (TPSA) is 86.5 Å². The van der Waals surface area contributed by atoms with Crippen LogP contribution in [0, 0.1) is 0 Å². The molecule has 0 amide bonds. The zero-order chi connectivity index (χ0) is 15.5. The Morgan fingerprint density at radius 3 is 2.67 bits per heavy atom. The van der Waals surface area contributed by atoms with Gasteiger partial charge in [0.25, 0.3) is 0 Å². The van der Waals surface area contributed by atoms with Gasteiger partial charge >= 0.3 is 0 Å². The molecule has 0 bridgehead atoms. The zero-order valence-corrected chi connectivity index (χ0v) is 12.8. The third kappa shape index (κ3) is 6.91. The van der Waals surface area contributed by atoms with Crippen molar-refractivity contribution in [3.8, 4) is 5.75 Å². The summed E-state index contributed by atoms with van der Waals surface area (Å²) in [6.07, 6.45) is 4.03. The summed E-state index contributed by atoms with van der Waals surface area (Å²) in [5.74, 6) is 0.0634. The predicted octanol–water partition coefficient (Wildman–Crippen LogP) is 0.688. The standard InChI is InChI=1S/C16H27NO4/c1-21-9-5-3-2-4-8-17-11-16(20)13-6-7-15(19)14(10-13)12-18/h6-7,10,16-20H,2-5,8-9,11-12H2,1H3/p+1. The fraction of sp³-hybridized carbons (Fsp3) is 0.625. The van der Waals surface area contributed by atoms with Gasteiger partial charge in [0.05, 0.1) is 13.2 Å². The predicted molar refractivity (Wildman–Crippen MR) is 81.0 cm³/mol. The molecule has 1 aromatic rings. The Hall–Kier alpha value is -1.14. The highest BCUT2D eigenvalue weighted by atomic mass is 16.5. The second kappa shape index (κ2) is 10.6. The SMILES string of the molecule is COCCCCCC[NH2+]CC(O)c1ccc(O)c(CO)c1. The van der Waals surface area contributed by atoms with Crippen LogP contribution in [-0.2, 0) is 11.3 Å². The second-order valence-electron chi connectivity index (χ2n) is 5.28. The Bertz CT molecular complexity index is 398. The number of methoxy groups -OCH3 is 1. The third-order valence-electron chi connectivity index (χ3n) is 3.56. The Balaban J connectivity index is 2.20. The van der Waals surface area contributed by atoms with E-state index in [-0.39, 0.29) is 12.4 Å². The average Bonchev–Trinajstić information content (AvgIpc) is 2.50. The van der Waals surface area contributed by atoms with Gasteiger partial charge in [-0.25, -0.2) is 0 Å². The Labute approximate surface area is 126 Å². The molecule has 0 aliphatic rings. The van der Waals surface area contributed by atoms with Crippen LogP contribution in [-0.4, -0.2) is 42.1 Å². The maximum atomic E-state index is 10.1. The Kier molecular flexibility index (Phi) is 9.01. The molecule has 0 aliphatic heterocycles. The third-order valence-corrected chi connectivity index (χ3v) is 3.56. The van der Waals surface area contributed by atoms with E-state index in [2.05, 4.69) is 5.32 Å². The van der Waals surface area contributed by atoms with Crippen molar-refractivity contribution in [3.05, 3.63) is 29.3 Å². The van der Waals surface area contributed by atoms with Crippen LogP contribution < -0.4 is 5.32 Å². The van der Waals surface area contributed by atoms with Crippen molar-refractivity contribution < 1.29 is 25.4 Å². The maximum Gasteiger partial charge on any atom is 0.128 e. The molecule has 0 saturated heterocycles. The van der Waals surface area contributed by atoms with Gasteiger partial charge in [0.15, 0.2) is 0 Å². The van der Waals surface area contributed by atoms with Gasteiger partial charge in [-0.1, -0.05) is 12.5 Å². The lowest BCUT2D eigenvalue weighted by Crippen LogP contribution is -2.85. The smallest absolute Gasteiger partial charge is 0.128 e. The van der Waals surface area contributed by atoms with Crippen LogP contribution in [0.4, 0.5) is 0 Å². The van der Waals surface area contributed by atoms with E-state index in [1.165, 1.54) is 18.9 Å². The molecule has 5 heteroatoms. The molecule has 0 fully saturated rings. The highest BCUT2D eigenvalue weighted by Gasteiger charge is 2.11. The van der Waals surface area contributed by atoms with E-state index in [0.29, 0.717) is 12.1 Å². The molecule has 1 aromatic carbocycles. The number of hydrogen-bond acceptors (Lipinski definition) is 4. The molecule has 1 rings (SSSR count). The van der Waals surface area contributed by atoms with E-state index in [1.54, 1.807) is 19.2 Å². The molecule has 120 valence electrons. The first-order valence-corrected chi connectivity index (χ1v) is 7.60. The highest BCUT2D eigenvalue weighted by Crippen LogP contribution is 2.21. The van der Waals surface area contributed by atoms with Crippen LogP contribution in [0.2, 0.25) is 0 Å². The van der Waals surface area contributed by atoms with Gasteiger partial charge in [-0.3, -0.25) is 0 Å². The molecule has 1 unspecified atom stereocenters. The van der Waals surface area contributed by atoms with E-state index in [1.807, 2.05) is 0 Å². The molecule has 0 heterocycles. The molecule has 5 nitrogen and oxygen atoms in total. The molecular weight excluding hydrogens is 270 g/mol. The zero-order valence-electron chi connectivity index (χ0n) is 12.8.